The van der Waals surface area contributed by atoms with Crippen LogP contribution >= 0.6 is 0 Å². The van der Waals surface area contributed by atoms with Crippen LogP contribution in [0.15, 0.2) is 59.2 Å². The molecule has 1 nitrogen and oxygen atoms in total. The van der Waals surface area contributed by atoms with E-state index in [1.165, 1.54) is 12.3 Å². The van der Waals surface area contributed by atoms with Crippen LogP contribution in [0.3, 0.4) is 0 Å². The molecule has 0 fully saturated rings. The highest BCUT2D eigenvalue weighted by molar-refractivity contribution is 5.93. The van der Waals surface area contributed by atoms with Crippen LogP contribution < -0.4 is 0 Å². The largest absolute Gasteiger partial charge is 0.464 e. The molecule has 0 spiro atoms. The van der Waals surface area contributed by atoms with Gasteiger partial charge in [-0.25, -0.2) is 0 Å². The second kappa shape index (κ2) is 4.16. The van der Waals surface area contributed by atoms with Crippen LogP contribution in [0, 0.1) is 0 Å². The van der Waals surface area contributed by atoms with Crippen molar-refractivity contribution in [2.75, 3.05) is 0 Å². The van der Waals surface area contributed by atoms with Gasteiger partial charge in [0.15, 0.2) is 0 Å². The molecule has 1 aromatic heterocycles. The van der Waals surface area contributed by atoms with Gasteiger partial charge in [0.2, 0.25) is 0 Å². The van der Waals surface area contributed by atoms with E-state index in [2.05, 4.69) is 0 Å². The van der Waals surface area contributed by atoms with Crippen molar-refractivity contribution >= 4 is 11.0 Å². The van der Waals surface area contributed by atoms with Crippen LogP contribution in [0.4, 0.5) is 13.2 Å². The molecule has 0 bridgehead atoms. The first kappa shape index (κ1) is 11.8. The highest BCUT2D eigenvalue weighted by Gasteiger charge is 2.30. The Labute approximate surface area is 107 Å². The van der Waals surface area contributed by atoms with E-state index in [1.807, 2.05) is 18.2 Å². The van der Waals surface area contributed by atoms with Crippen LogP contribution in [0.5, 0.6) is 0 Å². The minimum absolute atomic E-state index is 0.500. The molecular formula is C15H9F3O. The molecule has 0 aliphatic heterocycles. The van der Waals surface area contributed by atoms with Gasteiger partial charge in [-0.1, -0.05) is 30.3 Å². The number of hydrogen-bond donors (Lipinski definition) is 0. The fraction of sp³-hybridized carbons (Fsp3) is 0.0667. The Bertz CT molecular complexity index is 725. The lowest BCUT2D eigenvalue weighted by Crippen LogP contribution is -2.04. The Kier molecular flexibility index (Phi) is 2.59. The lowest BCUT2D eigenvalue weighted by atomic mass is 10.0. The van der Waals surface area contributed by atoms with Crippen LogP contribution in [-0.4, -0.2) is 0 Å². The molecule has 3 rings (SSSR count). The summed E-state index contributed by atoms with van der Waals surface area (Å²) >= 11 is 0. The number of halogens is 3. The number of alkyl halides is 3. The molecular weight excluding hydrogens is 253 g/mol. The summed E-state index contributed by atoms with van der Waals surface area (Å²) in [5, 5.41) is 0.807. The summed E-state index contributed by atoms with van der Waals surface area (Å²) in [5.74, 6) is 0. The van der Waals surface area contributed by atoms with Crippen molar-refractivity contribution in [2.24, 2.45) is 0 Å². The molecule has 0 N–H and O–H groups in total. The van der Waals surface area contributed by atoms with Crippen molar-refractivity contribution in [1.82, 2.24) is 0 Å². The molecule has 0 radical (unpaired) electrons. The Hall–Kier alpha value is -2.23. The maximum atomic E-state index is 12.7. The Balaban J connectivity index is 2.17. The number of fused-ring (bicyclic) bond motifs is 1. The van der Waals surface area contributed by atoms with Gasteiger partial charge in [0.25, 0.3) is 0 Å². The predicted molar refractivity (Wildman–Crippen MR) is 66.7 cm³/mol. The van der Waals surface area contributed by atoms with Crippen molar-refractivity contribution < 1.29 is 17.6 Å². The molecule has 3 aromatic rings. The third kappa shape index (κ3) is 2.10. The molecule has 0 aliphatic carbocycles. The van der Waals surface area contributed by atoms with E-state index in [-0.39, 0.29) is 0 Å². The van der Waals surface area contributed by atoms with Gasteiger partial charge >= 0.3 is 6.18 Å². The minimum Gasteiger partial charge on any atom is -0.464 e. The summed E-state index contributed by atoms with van der Waals surface area (Å²) in [6.45, 7) is 0. The molecule has 0 aliphatic rings. The fourth-order valence-corrected chi connectivity index (χ4v) is 2.06. The number of benzene rings is 2. The SMILES string of the molecule is FC(F)(F)c1cccc(-c2coc3ccccc23)c1. The Morgan fingerprint density at radius 1 is 0.895 bits per heavy atom. The second-order valence-electron chi connectivity index (χ2n) is 4.22. The lowest BCUT2D eigenvalue weighted by Gasteiger charge is -2.07. The van der Waals surface area contributed by atoms with E-state index in [0.717, 1.165) is 17.5 Å². The number of furan rings is 1. The van der Waals surface area contributed by atoms with Gasteiger partial charge in [-0.2, -0.15) is 13.2 Å². The molecule has 0 atom stereocenters. The average Bonchev–Trinajstić information content (AvgIpc) is 2.82. The summed E-state index contributed by atoms with van der Waals surface area (Å²) in [7, 11) is 0. The van der Waals surface area contributed by atoms with Crippen molar-refractivity contribution in [3.63, 3.8) is 0 Å². The topological polar surface area (TPSA) is 13.1 Å². The summed E-state index contributed by atoms with van der Waals surface area (Å²) < 4.78 is 43.4. The molecule has 0 unspecified atom stereocenters. The van der Waals surface area contributed by atoms with Crippen LogP contribution in [0.25, 0.3) is 22.1 Å². The van der Waals surface area contributed by atoms with Crippen molar-refractivity contribution in [3.05, 3.63) is 60.4 Å². The first-order valence-corrected chi connectivity index (χ1v) is 5.69. The number of para-hydroxylation sites is 1. The maximum absolute atomic E-state index is 12.7. The third-order valence-corrected chi connectivity index (χ3v) is 2.98. The van der Waals surface area contributed by atoms with E-state index in [9.17, 15) is 13.2 Å². The summed E-state index contributed by atoms with van der Waals surface area (Å²) in [6, 6.07) is 12.5. The van der Waals surface area contributed by atoms with Crippen molar-refractivity contribution in [2.45, 2.75) is 6.18 Å². The molecule has 0 saturated carbocycles. The normalized spacial score (nSPS) is 11.9. The smallest absolute Gasteiger partial charge is 0.416 e. The summed E-state index contributed by atoms with van der Waals surface area (Å²) in [4.78, 5) is 0. The zero-order chi connectivity index (χ0) is 13.5. The number of rotatable bonds is 1. The van der Waals surface area contributed by atoms with E-state index in [1.54, 1.807) is 12.1 Å². The van der Waals surface area contributed by atoms with Gasteiger partial charge in [0, 0.05) is 10.9 Å². The second-order valence-corrected chi connectivity index (χ2v) is 4.22. The summed E-state index contributed by atoms with van der Waals surface area (Å²) in [5.41, 5.74) is 1.17. The zero-order valence-corrected chi connectivity index (χ0v) is 9.74. The molecule has 1 heterocycles. The predicted octanol–water partition coefficient (Wildman–Crippen LogP) is 5.12. The van der Waals surface area contributed by atoms with E-state index in [0.29, 0.717) is 16.7 Å². The Morgan fingerprint density at radius 2 is 1.68 bits per heavy atom. The standard InChI is InChI=1S/C15H9F3O/c16-15(17,18)11-5-3-4-10(8-11)13-9-19-14-7-2-1-6-12(13)14/h1-9H. The van der Waals surface area contributed by atoms with Gasteiger partial charge in [-0.05, 0) is 23.8 Å². The highest BCUT2D eigenvalue weighted by atomic mass is 19.4. The highest BCUT2D eigenvalue weighted by Crippen LogP contribution is 2.35. The van der Waals surface area contributed by atoms with Gasteiger partial charge in [-0.3, -0.25) is 0 Å². The van der Waals surface area contributed by atoms with Crippen LogP contribution in [-0.2, 0) is 6.18 Å². The molecule has 0 amide bonds. The maximum Gasteiger partial charge on any atom is 0.416 e. The van der Waals surface area contributed by atoms with E-state index >= 15 is 0 Å². The van der Waals surface area contributed by atoms with Crippen molar-refractivity contribution in [3.8, 4) is 11.1 Å². The van der Waals surface area contributed by atoms with E-state index in [4.69, 9.17) is 4.42 Å². The molecule has 0 saturated heterocycles. The zero-order valence-electron chi connectivity index (χ0n) is 9.74. The molecule has 96 valence electrons. The number of hydrogen-bond acceptors (Lipinski definition) is 1. The third-order valence-electron chi connectivity index (χ3n) is 2.98. The monoisotopic (exact) mass is 262 g/mol. The molecule has 2 aromatic carbocycles. The van der Waals surface area contributed by atoms with Crippen LogP contribution in [0.1, 0.15) is 5.56 Å². The quantitative estimate of drug-likeness (QED) is 0.593. The fourth-order valence-electron chi connectivity index (χ4n) is 2.06. The molecule has 19 heavy (non-hydrogen) atoms. The first-order chi connectivity index (χ1) is 9.05. The molecule has 4 heteroatoms. The van der Waals surface area contributed by atoms with Gasteiger partial charge in [0.1, 0.15) is 5.58 Å². The van der Waals surface area contributed by atoms with Gasteiger partial charge in [-0.15, -0.1) is 0 Å². The van der Waals surface area contributed by atoms with Gasteiger partial charge in [0.05, 0.1) is 11.8 Å². The van der Waals surface area contributed by atoms with Crippen LogP contribution in [0.2, 0.25) is 0 Å². The van der Waals surface area contributed by atoms with E-state index < -0.39 is 11.7 Å². The lowest BCUT2D eigenvalue weighted by molar-refractivity contribution is -0.137. The van der Waals surface area contributed by atoms with Gasteiger partial charge < -0.3 is 4.42 Å². The van der Waals surface area contributed by atoms with Crippen molar-refractivity contribution in [1.29, 1.82) is 0 Å². The summed E-state index contributed by atoms with van der Waals surface area (Å²) in [6.07, 6.45) is -2.85. The average molecular weight is 262 g/mol. The first-order valence-electron chi connectivity index (χ1n) is 5.69. The Morgan fingerprint density at radius 3 is 2.47 bits per heavy atom. The minimum atomic E-state index is -4.34.